The first kappa shape index (κ1) is 13.0. The van der Waals surface area contributed by atoms with E-state index in [2.05, 4.69) is 34.6 Å². The molecule has 1 spiro atoms. The molecular weight excluding hydrogens is 220 g/mol. The predicted octanol–water partition coefficient (Wildman–Crippen LogP) is 4.65. The van der Waals surface area contributed by atoms with Crippen LogP contribution in [0.25, 0.3) is 0 Å². The summed E-state index contributed by atoms with van der Waals surface area (Å²) in [6.07, 6.45) is 7.94. The zero-order chi connectivity index (χ0) is 13.1. The lowest BCUT2D eigenvalue weighted by Crippen LogP contribution is -2.53. The van der Waals surface area contributed by atoms with E-state index >= 15 is 0 Å². The van der Waals surface area contributed by atoms with Crippen molar-refractivity contribution < 1.29 is 4.74 Å². The first-order valence-electron chi connectivity index (χ1n) is 7.99. The molecule has 2 aliphatic carbocycles. The molecule has 4 rings (SSSR count). The van der Waals surface area contributed by atoms with Gasteiger partial charge in [-0.15, -0.1) is 0 Å². The summed E-state index contributed by atoms with van der Waals surface area (Å²) in [6.45, 7) is 12.2. The fourth-order valence-electron chi connectivity index (χ4n) is 5.51. The summed E-state index contributed by atoms with van der Waals surface area (Å²) in [5.74, 6) is 2.55. The highest BCUT2D eigenvalue weighted by atomic mass is 16.5. The summed E-state index contributed by atoms with van der Waals surface area (Å²) >= 11 is 0. The first-order chi connectivity index (χ1) is 8.34. The predicted molar refractivity (Wildman–Crippen MR) is 75.5 cm³/mol. The van der Waals surface area contributed by atoms with E-state index in [-0.39, 0.29) is 0 Å². The summed E-state index contributed by atoms with van der Waals surface area (Å²) < 4.78 is 6.49. The molecule has 2 aliphatic heterocycles. The zero-order valence-electron chi connectivity index (χ0n) is 12.8. The normalized spacial score (nSPS) is 54.8. The van der Waals surface area contributed by atoms with E-state index in [0.717, 1.165) is 17.8 Å². The van der Waals surface area contributed by atoms with Gasteiger partial charge in [0.2, 0.25) is 0 Å². The fourth-order valence-corrected chi connectivity index (χ4v) is 5.51. The third-order valence-corrected chi connectivity index (χ3v) is 6.54. The lowest BCUT2D eigenvalue weighted by Gasteiger charge is -2.55. The molecule has 0 radical (unpaired) electrons. The van der Waals surface area contributed by atoms with Gasteiger partial charge in [0.05, 0.1) is 12.2 Å². The van der Waals surface area contributed by atoms with Gasteiger partial charge in [-0.2, -0.15) is 0 Å². The Morgan fingerprint density at radius 1 is 0.944 bits per heavy atom. The number of fused-ring (bicyclic) bond motifs is 4. The SMILES string of the molecule is CC1O[C@H]2CC(C)(C)C[C@H]3[C@H](C)CC[C@@]13C[C@H]2C. The van der Waals surface area contributed by atoms with Crippen molar-refractivity contribution in [2.75, 3.05) is 0 Å². The van der Waals surface area contributed by atoms with Crippen LogP contribution in [0.3, 0.4) is 0 Å². The summed E-state index contributed by atoms with van der Waals surface area (Å²) in [5.41, 5.74) is 0.973. The standard InChI is InChI=1S/C17H30O/c1-11-6-7-17-8-12(2)15(18-13(17)3)10-16(4,5)9-14(11)17/h11-15H,6-10H2,1-5H3/t11-,12-,13?,14+,15+,17-/m1/s1. The van der Waals surface area contributed by atoms with Gasteiger partial charge in [-0.25, -0.2) is 0 Å². The van der Waals surface area contributed by atoms with E-state index in [4.69, 9.17) is 4.74 Å². The van der Waals surface area contributed by atoms with E-state index < -0.39 is 0 Å². The van der Waals surface area contributed by atoms with Crippen molar-refractivity contribution >= 4 is 0 Å². The molecule has 1 heteroatoms. The molecule has 1 unspecified atom stereocenters. The largest absolute Gasteiger partial charge is 0.374 e. The summed E-state index contributed by atoms with van der Waals surface area (Å²) in [7, 11) is 0. The second-order valence-corrected chi connectivity index (χ2v) is 8.43. The molecule has 0 aromatic heterocycles. The number of hydrogen-bond donors (Lipinski definition) is 0. The van der Waals surface area contributed by atoms with Crippen LogP contribution in [0, 0.1) is 28.6 Å². The van der Waals surface area contributed by atoms with E-state index in [1.807, 2.05) is 0 Å². The molecule has 18 heavy (non-hydrogen) atoms. The minimum atomic E-state index is 0.466. The molecule has 2 saturated carbocycles. The van der Waals surface area contributed by atoms with Gasteiger partial charge >= 0.3 is 0 Å². The van der Waals surface area contributed by atoms with Gasteiger partial charge in [0.25, 0.3) is 0 Å². The molecule has 0 N–H and O–H groups in total. The van der Waals surface area contributed by atoms with Gasteiger partial charge in [0, 0.05) is 0 Å². The number of hydrogen-bond acceptors (Lipinski definition) is 1. The van der Waals surface area contributed by atoms with Gasteiger partial charge in [0.1, 0.15) is 0 Å². The van der Waals surface area contributed by atoms with Crippen molar-refractivity contribution in [1.82, 2.24) is 0 Å². The Kier molecular flexibility index (Phi) is 2.86. The fraction of sp³-hybridized carbons (Fsp3) is 1.00. The zero-order valence-corrected chi connectivity index (χ0v) is 12.8. The highest BCUT2D eigenvalue weighted by molar-refractivity contribution is 5.06. The Balaban J connectivity index is 2.01. The van der Waals surface area contributed by atoms with E-state index in [9.17, 15) is 0 Å². The number of rotatable bonds is 0. The van der Waals surface area contributed by atoms with Crippen molar-refractivity contribution in [3.05, 3.63) is 0 Å². The molecule has 2 bridgehead atoms. The van der Waals surface area contributed by atoms with E-state index in [0.29, 0.717) is 23.0 Å². The van der Waals surface area contributed by atoms with Crippen LogP contribution in [0.5, 0.6) is 0 Å². The van der Waals surface area contributed by atoms with Gasteiger partial charge < -0.3 is 4.74 Å². The maximum Gasteiger partial charge on any atom is 0.0609 e. The highest BCUT2D eigenvalue weighted by Crippen LogP contribution is 2.62. The summed E-state index contributed by atoms with van der Waals surface area (Å²) in [5, 5.41) is 0. The molecule has 4 fully saturated rings. The Labute approximate surface area is 113 Å². The molecular formula is C17H30O. The van der Waals surface area contributed by atoms with Crippen LogP contribution in [0.4, 0.5) is 0 Å². The average molecular weight is 250 g/mol. The molecule has 4 aliphatic rings. The van der Waals surface area contributed by atoms with Gasteiger partial charge in [-0.05, 0) is 67.6 Å². The molecule has 104 valence electrons. The van der Waals surface area contributed by atoms with Crippen LogP contribution in [0.15, 0.2) is 0 Å². The minimum Gasteiger partial charge on any atom is -0.374 e. The van der Waals surface area contributed by atoms with Crippen LogP contribution in [0.2, 0.25) is 0 Å². The molecule has 2 heterocycles. The van der Waals surface area contributed by atoms with Crippen LogP contribution in [-0.2, 0) is 4.74 Å². The Bertz CT molecular complexity index is 335. The number of ether oxygens (including phenoxy) is 1. The van der Waals surface area contributed by atoms with Gasteiger partial charge in [0.15, 0.2) is 0 Å². The van der Waals surface area contributed by atoms with Crippen molar-refractivity contribution in [1.29, 1.82) is 0 Å². The van der Waals surface area contributed by atoms with Crippen molar-refractivity contribution in [3.8, 4) is 0 Å². The van der Waals surface area contributed by atoms with Crippen molar-refractivity contribution in [2.24, 2.45) is 28.6 Å². The topological polar surface area (TPSA) is 9.23 Å². The Morgan fingerprint density at radius 3 is 2.39 bits per heavy atom. The van der Waals surface area contributed by atoms with Crippen LogP contribution in [-0.4, -0.2) is 12.2 Å². The highest BCUT2D eigenvalue weighted by Gasteiger charge is 2.57. The third kappa shape index (κ3) is 1.77. The lowest BCUT2D eigenvalue weighted by atomic mass is 9.57. The average Bonchev–Trinajstić information content (AvgIpc) is 2.53. The van der Waals surface area contributed by atoms with Crippen LogP contribution >= 0.6 is 0 Å². The quantitative estimate of drug-likeness (QED) is 0.608. The smallest absolute Gasteiger partial charge is 0.0609 e. The first-order valence-corrected chi connectivity index (χ1v) is 7.99. The minimum absolute atomic E-state index is 0.466. The van der Waals surface area contributed by atoms with Gasteiger partial charge in [-0.1, -0.05) is 27.7 Å². The van der Waals surface area contributed by atoms with Crippen LogP contribution < -0.4 is 0 Å². The second kappa shape index (κ2) is 3.98. The van der Waals surface area contributed by atoms with Crippen molar-refractivity contribution in [2.45, 2.75) is 78.9 Å². The maximum absolute atomic E-state index is 6.49. The Morgan fingerprint density at radius 2 is 1.67 bits per heavy atom. The molecule has 0 aromatic rings. The molecule has 0 amide bonds. The maximum atomic E-state index is 6.49. The Hall–Kier alpha value is -0.0400. The summed E-state index contributed by atoms with van der Waals surface area (Å²) in [6, 6.07) is 0. The second-order valence-electron chi connectivity index (χ2n) is 8.43. The molecule has 2 saturated heterocycles. The monoisotopic (exact) mass is 250 g/mol. The summed E-state index contributed by atoms with van der Waals surface area (Å²) in [4.78, 5) is 0. The van der Waals surface area contributed by atoms with Crippen molar-refractivity contribution in [3.63, 3.8) is 0 Å². The molecule has 1 nitrogen and oxygen atoms in total. The lowest BCUT2D eigenvalue weighted by molar-refractivity contribution is -0.193. The molecule has 6 atom stereocenters. The van der Waals surface area contributed by atoms with E-state index in [1.165, 1.54) is 32.1 Å². The van der Waals surface area contributed by atoms with E-state index in [1.54, 1.807) is 0 Å². The van der Waals surface area contributed by atoms with Crippen LogP contribution in [0.1, 0.15) is 66.7 Å². The third-order valence-electron chi connectivity index (χ3n) is 6.54. The van der Waals surface area contributed by atoms with Gasteiger partial charge in [-0.3, -0.25) is 0 Å². The molecule has 0 aromatic carbocycles.